The first kappa shape index (κ1) is 12.8. The van der Waals surface area contributed by atoms with Gasteiger partial charge in [-0.2, -0.15) is 0 Å². The van der Waals surface area contributed by atoms with Gasteiger partial charge >= 0.3 is 0 Å². The van der Waals surface area contributed by atoms with Crippen molar-refractivity contribution >= 4 is 21.9 Å². The van der Waals surface area contributed by atoms with E-state index in [9.17, 15) is 4.79 Å². The van der Waals surface area contributed by atoms with Crippen LogP contribution in [0.5, 0.6) is 0 Å². The summed E-state index contributed by atoms with van der Waals surface area (Å²) < 4.78 is 0.392. The molecular weight excluding hydrogens is 298 g/mol. The zero-order valence-corrected chi connectivity index (χ0v) is 11.1. The summed E-state index contributed by atoms with van der Waals surface area (Å²) in [5.41, 5.74) is 1.16. The van der Waals surface area contributed by atoms with Crippen LogP contribution in [-0.4, -0.2) is 28.2 Å². The molecule has 0 radical (unpaired) electrons. The number of anilines is 1. The van der Waals surface area contributed by atoms with E-state index in [1.807, 2.05) is 30.3 Å². The van der Waals surface area contributed by atoms with E-state index in [4.69, 9.17) is 5.11 Å². The van der Waals surface area contributed by atoms with Crippen LogP contribution in [-0.2, 0) is 0 Å². The molecule has 1 aromatic carbocycles. The van der Waals surface area contributed by atoms with Crippen LogP contribution in [0, 0.1) is 0 Å². The molecule has 2 aromatic rings. The number of aliphatic hydroxyl groups excluding tert-OH is 1. The number of nitrogens with zero attached hydrogens (tertiary/aromatic N) is 1. The molecule has 3 N–H and O–H groups in total. The van der Waals surface area contributed by atoms with Crippen LogP contribution in [0.3, 0.4) is 0 Å². The average molecular weight is 310 g/mol. The molecule has 0 atom stereocenters. The van der Waals surface area contributed by atoms with E-state index in [0.29, 0.717) is 22.7 Å². The van der Waals surface area contributed by atoms with Crippen LogP contribution in [0.25, 0.3) is 11.3 Å². The van der Waals surface area contributed by atoms with Crippen LogP contribution in [0.1, 0.15) is 0 Å². The zero-order chi connectivity index (χ0) is 13.0. The number of hydrogen-bond acceptors (Lipinski definition) is 4. The van der Waals surface area contributed by atoms with Crippen molar-refractivity contribution in [3.05, 3.63) is 45.2 Å². The third-order valence-corrected chi connectivity index (χ3v) is 3.05. The SMILES string of the molecule is O=c1[nH]c(NCCO)nc(-c2ccccc2)c1Br. The summed E-state index contributed by atoms with van der Waals surface area (Å²) in [5.74, 6) is 0.344. The number of hydrogen-bond donors (Lipinski definition) is 3. The molecule has 0 aliphatic carbocycles. The normalized spacial score (nSPS) is 10.3. The van der Waals surface area contributed by atoms with E-state index in [2.05, 4.69) is 31.2 Å². The third-order valence-electron chi connectivity index (χ3n) is 2.31. The fourth-order valence-corrected chi connectivity index (χ4v) is 1.92. The van der Waals surface area contributed by atoms with E-state index >= 15 is 0 Å². The largest absolute Gasteiger partial charge is 0.395 e. The minimum absolute atomic E-state index is 0.0273. The highest BCUT2D eigenvalue weighted by molar-refractivity contribution is 9.10. The predicted octanol–water partition coefficient (Wildman–Crippen LogP) is 1.60. The van der Waals surface area contributed by atoms with Crippen LogP contribution in [0.4, 0.5) is 5.95 Å². The molecule has 1 aromatic heterocycles. The minimum Gasteiger partial charge on any atom is -0.395 e. The number of benzene rings is 1. The fraction of sp³-hybridized carbons (Fsp3) is 0.167. The molecule has 0 unspecified atom stereocenters. The highest BCUT2D eigenvalue weighted by Crippen LogP contribution is 2.23. The van der Waals surface area contributed by atoms with Crippen LogP contribution in [0.15, 0.2) is 39.6 Å². The molecule has 18 heavy (non-hydrogen) atoms. The Balaban J connectivity index is 2.46. The van der Waals surface area contributed by atoms with Crippen LogP contribution in [0.2, 0.25) is 0 Å². The Kier molecular flexibility index (Phi) is 4.11. The summed E-state index contributed by atoms with van der Waals surface area (Å²) in [6.07, 6.45) is 0. The van der Waals surface area contributed by atoms with E-state index < -0.39 is 0 Å². The molecule has 0 spiro atoms. The number of aliphatic hydroxyl groups is 1. The Labute approximate surface area is 112 Å². The number of nitrogens with one attached hydrogen (secondary N) is 2. The first-order valence-electron chi connectivity index (χ1n) is 5.42. The summed E-state index contributed by atoms with van der Waals surface area (Å²) in [4.78, 5) is 18.7. The first-order valence-corrected chi connectivity index (χ1v) is 6.21. The standard InChI is InChI=1S/C12H12BrN3O2/c13-9-10(8-4-2-1-3-5-8)15-12(14-6-7-17)16-11(9)18/h1-5,17H,6-7H2,(H2,14,15,16,18). The predicted molar refractivity (Wildman–Crippen MR) is 73.6 cm³/mol. The highest BCUT2D eigenvalue weighted by atomic mass is 79.9. The Morgan fingerprint density at radius 3 is 2.72 bits per heavy atom. The third kappa shape index (κ3) is 2.77. The Hall–Kier alpha value is -1.66. The molecule has 2 rings (SSSR count). The van der Waals surface area contributed by atoms with Crippen LogP contribution < -0.4 is 10.9 Å². The van der Waals surface area contributed by atoms with Gasteiger partial charge in [0.15, 0.2) is 0 Å². The maximum atomic E-state index is 11.8. The van der Waals surface area contributed by atoms with Crippen LogP contribution >= 0.6 is 15.9 Å². The van der Waals surface area contributed by atoms with Crippen molar-refractivity contribution < 1.29 is 5.11 Å². The van der Waals surface area contributed by atoms with E-state index in [1.54, 1.807) is 0 Å². The first-order chi connectivity index (χ1) is 8.72. The van der Waals surface area contributed by atoms with Gasteiger partial charge in [-0.15, -0.1) is 0 Å². The smallest absolute Gasteiger partial charge is 0.267 e. The van der Waals surface area contributed by atoms with Gasteiger partial charge in [-0.25, -0.2) is 4.98 Å². The Bertz CT molecular complexity index is 584. The van der Waals surface area contributed by atoms with E-state index in [-0.39, 0.29) is 12.2 Å². The lowest BCUT2D eigenvalue weighted by Gasteiger charge is -2.07. The lowest BCUT2D eigenvalue weighted by atomic mass is 10.1. The number of aromatic nitrogens is 2. The molecule has 0 aliphatic heterocycles. The van der Waals surface area contributed by atoms with Gasteiger partial charge in [0.1, 0.15) is 4.47 Å². The molecule has 0 fully saturated rings. The molecule has 1 heterocycles. The minimum atomic E-state index is -0.260. The van der Waals surface area contributed by atoms with Gasteiger partial charge in [0.05, 0.1) is 12.3 Å². The van der Waals surface area contributed by atoms with Crippen molar-refractivity contribution in [1.82, 2.24) is 9.97 Å². The summed E-state index contributed by atoms with van der Waals surface area (Å²) in [6.45, 7) is 0.305. The van der Waals surface area contributed by atoms with Crippen molar-refractivity contribution in [1.29, 1.82) is 0 Å². The summed E-state index contributed by atoms with van der Waals surface area (Å²) >= 11 is 3.24. The maximum Gasteiger partial charge on any atom is 0.267 e. The molecular formula is C12H12BrN3O2. The zero-order valence-electron chi connectivity index (χ0n) is 9.48. The monoisotopic (exact) mass is 309 g/mol. The Morgan fingerprint density at radius 2 is 2.06 bits per heavy atom. The average Bonchev–Trinajstić information content (AvgIpc) is 2.41. The number of H-pyrrole nitrogens is 1. The molecule has 94 valence electrons. The molecule has 6 heteroatoms. The van der Waals surface area contributed by atoms with Gasteiger partial charge in [-0.1, -0.05) is 30.3 Å². The van der Waals surface area contributed by atoms with Crippen molar-refractivity contribution in [2.24, 2.45) is 0 Å². The molecule has 0 bridgehead atoms. The summed E-state index contributed by atoms with van der Waals surface area (Å²) in [5, 5.41) is 11.6. The van der Waals surface area contributed by atoms with Gasteiger partial charge in [0.2, 0.25) is 5.95 Å². The van der Waals surface area contributed by atoms with Crippen molar-refractivity contribution in [2.45, 2.75) is 0 Å². The van der Waals surface area contributed by atoms with Gasteiger partial charge in [-0.3, -0.25) is 9.78 Å². The lowest BCUT2D eigenvalue weighted by molar-refractivity contribution is 0.311. The second-order valence-corrected chi connectivity index (χ2v) is 4.39. The number of rotatable bonds is 4. The molecule has 0 saturated heterocycles. The summed E-state index contributed by atoms with van der Waals surface area (Å²) in [7, 11) is 0. The second-order valence-electron chi connectivity index (χ2n) is 3.59. The lowest BCUT2D eigenvalue weighted by Crippen LogP contribution is -2.16. The quantitative estimate of drug-likeness (QED) is 0.801. The van der Waals surface area contributed by atoms with Crippen molar-refractivity contribution in [3.8, 4) is 11.3 Å². The topological polar surface area (TPSA) is 78.0 Å². The fourth-order valence-electron chi connectivity index (χ4n) is 1.50. The van der Waals surface area contributed by atoms with Gasteiger partial charge in [0, 0.05) is 12.1 Å². The highest BCUT2D eigenvalue weighted by Gasteiger charge is 2.10. The molecule has 5 nitrogen and oxygen atoms in total. The molecule has 0 aliphatic rings. The van der Waals surface area contributed by atoms with E-state index in [0.717, 1.165) is 5.56 Å². The van der Waals surface area contributed by atoms with Gasteiger partial charge in [-0.05, 0) is 15.9 Å². The second kappa shape index (κ2) is 5.79. The van der Waals surface area contributed by atoms with Crippen molar-refractivity contribution in [2.75, 3.05) is 18.5 Å². The number of aromatic amines is 1. The number of halogens is 1. The van der Waals surface area contributed by atoms with E-state index in [1.165, 1.54) is 0 Å². The molecule has 0 amide bonds. The maximum absolute atomic E-state index is 11.8. The van der Waals surface area contributed by atoms with Gasteiger partial charge < -0.3 is 10.4 Å². The molecule has 0 saturated carbocycles. The van der Waals surface area contributed by atoms with Gasteiger partial charge in [0.25, 0.3) is 5.56 Å². The Morgan fingerprint density at radius 1 is 1.33 bits per heavy atom. The van der Waals surface area contributed by atoms with Crippen molar-refractivity contribution in [3.63, 3.8) is 0 Å². The summed E-state index contributed by atoms with van der Waals surface area (Å²) in [6, 6.07) is 9.41.